The standard InChI is InChI=1S/C15H24O/c1-4-6-12(3)15(7-5-2)13-8-10-14(16)11-9-13/h8-12,15-16H,4-7H2,1-3H3. The first-order valence-corrected chi connectivity index (χ1v) is 6.48. The van der Waals surface area contributed by atoms with Gasteiger partial charge in [-0.2, -0.15) is 0 Å². The Bertz CT molecular complexity index is 289. The third-order valence-corrected chi connectivity index (χ3v) is 3.35. The van der Waals surface area contributed by atoms with Crippen LogP contribution in [0.2, 0.25) is 0 Å². The van der Waals surface area contributed by atoms with Crippen LogP contribution in [0.1, 0.15) is 57.9 Å². The Morgan fingerprint density at radius 3 is 2.06 bits per heavy atom. The molecule has 2 unspecified atom stereocenters. The van der Waals surface area contributed by atoms with Crippen LogP contribution in [0, 0.1) is 5.92 Å². The maximum absolute atomic E-state index is 9.31. The number of hydrogen-bond donors (Lipinski definition) is 1. The molecule has 0 amide bonds. The predicted molar refractivity (Wildman–Crippen MR) is 69.8 cm³/mol. The molecule has 0 saturated carbocycles. The fraction of sp³-hybridized carbons (Fsp3) is 0.600. The first-order chi connectivity index (χ1) is 7.69. The lowest BCUT2D eigenvalue weighted by molar-refractivity contribution is 0.400. The molecule has 0 radical (unpaired) electrons. The van der Waals surface area contributed by atoms with E-state index < -0.39 is 0 Å². The topological polar surface area (TPSA) is 20.2 Å². The Morgan fingerprint density at radius 2 is 1.56 bits per heavy atom. The van der Waals surface area contributed by atoms with Gasteiger partial charge >= 0.3 is 0 Å². The van der Waals surface area contributed by atoms with Gasteiger partial charge in [0.1, 0.15) is 5.75 Å². The Hall–Kier alpha value is -0.980. The van der Waals surface area contributed by atoms with Crippen LogP contribution in [0.15, 0.2) is 24.3 Å². The zero-order valence-electron chi connectivity index (χ0n) is 10.7. The Morgan fingerprint density at radius 1 is 1.00 bits per heavy atom. The number of benzene rings is 1. The molecule has 1 nitrogen and oxygen atoms in total. The van der Waals surface area contributed by atoms with Gasteiger partial charge in [0.2, 0.25) is 0 Å². The molecule has 0 heterocycles. The van der Waals surface area contributed by atoms with Crippen molar-refractivity contribution >= 4 is 0 Å². The second-order valence-corrected chi connectivity index (χ2v) is 4.75. The molecule has 1 aromatic rings. The van der Waals surface area contributed by atoms with Crippen molar-refractivity contribution in [1.29, 1.82) is 0 Å². The Kier molecular flexibility index (Phi) is 5.37. The van der Waals surface area contributed by atoms with Crippen molar-refractivity contribution in [2.24, 2.45) is 5.92 Å². The molecule has 0 bridgehead atoms. The summed E-state index contributed by atoms with van der Waals surface area (Å²) in [6.45, 7) is 6.83. The van der Waals surface area contributed by atoms with E-state index in [9.17, 15) is 5.11 Å². The van der Waals surface area contributed by atoms with Crippen LogP contribution in [0.25, 0.3) is 0 Å². The van der Waals surface area contributed by atoms with Gasteiger partial charge in [0.25, 0.3) is 0 Å². The van der Waals surface area contributed by atoms with Gasteiger partial charge in [0.15, 0.2) is 0 Å². The minimum absolute atomic E-state index is 0.363. The Labute approximate surface area is 99.5 Å². The normalized spacial score (nSPS) is 14.7. The molecular weight excluding hydrogens is 196 g/mol. The summed E-state index contributed by atoms with van der Waals surface area (Å²) in [6.07, 6.45) is 5.00. The number of phenols is 1. The summed E-state index contributed by atoms with van der Waals surface area (Å²) in [7, 11) is 0. The summed E-state index contributed by atoms with van der Waals surface area (Å²) in [5.74, 6) is 1.74. The highest BCUT2D eigenvalue weighted by atomic mass is 16.3. The van der Waals surface area contributed by atoms with Gasteiger partial charge in [-0.15, -0.1) is 0 Å². The first-order valence-electron chi connectivity index (χ1n) is 6.48. The molecule has 90 valence electrons. The van der Waals surface area contributed by atoms with Gasteiger partial charge in [-0.3, -0.25) is 0 Å². The molecule has 2 atom stereocenters. The van der Waals surface area contributed by atoms with Crippen LogP contribution in [0.5, 0.6) is 5.75 Å². The fourth-order valence-electron chi connectivity index (χ4n) is 2.47. The summed E-state index contributed by atoms with van der Waals surface area (Å²) < 4.78 is 0. The van der Waals surface area contributed by atoms with E-state index in [1.54, 1.807) is 12.1 Å². The minimum Gasteiger partial charge on any atom is -0.508 e. The van der Waals surface area contributed by atoms with Crippen LogP contribution in [0.4, 0.5) is 0 Å². The number of aromatic hydroxyl groups is 1. The molecule has 1 heteroatoms. The van der Waals surface area contributed by atoms with E-state index >= 15 is 0 Å². The van der Waals surface area contributed by atoms with Crippen molar-refractivity contribution in [2.75, 3.05) is 0 Å². The Balaban J connectivity index is 2.79. The maximum atomic E-state index is 9.31. The number of phenolic OH excluding ortho intramolecular Hbond substituents is 1. The van der Waals surface area contributed by atoms with E-state index in [4.69, 9.17) is 0 Å². The van der Waals surface area contributed by atoms with Crippen molar-refractivity contribution in [3.63, 3.8) is 0 Å². The van der Waals surface area contributed by atoms with E-state index in [0.29, 0.717) is 11.7 Å². The molecule has 0 aliphatic rings. The molecule has 1 rings (SSSR count). The smallest absolute Gasteiger partial charge is 0.115 e. The van der Waals surface area contributed by atoms with Crippen LogP contribution in [0.3, 0.4) is 0 Å². The largest absolute Gasteiger partial charge is 0.508 e. The lowest BCUT2D eigenvalue weighted by Gasteiger charge is -2.23. The quantitative estimate of drug-likeness (QED) is 0.736. The summed E-state index contributed by atoms with van der Waals surface area (Å²) in [5.41, 5.74) is 1.38. The van der Waals surface area contributed by atoms with Crippen molar-refractivity contribution in [3.8, 4) is 5.75 Å². The summed E-state index contributed by atoms with van der Waals surface area (Å²) in [6, 6.07) is 7.75. The SMILES string of the molecule is CCCC(C)C(CCC)c1ccc(O)cc1. The zero-order valence-corrected chi connectivity index (χ0v) is 10.7. The van der Waals surface area contributed by atoms with Gasteiger partial charge in [-0.25, -0.2) is 0 Å². The maximum Gasteiger partial charge on any atom is 0.115 e. The molecule has 0 aliphatic carbocycles. The van der Waals surface area contributed by atoms with Crippen LogP contribution in [-0.4, -0.2) is 5.11 Å². The van der Waals surface area contributed by atoms with Crippen molar-refractivity contribution in [2.45, 2.75) is 52.4 Å². The summed E-state index contributed by atoms with van der Waals surface area (Å²) >= 11 is 0. The molecule has 0 saturated heterocycles. The van der Waals surface area contributed by atoms with Gasteiger partial charge in [0, 0.05) is 0 Å². The monoisotopic (exact) mass is 220 g/mol. The summed E-state index contributed by atoms with van der Waals surface area (Å²) in [5, 5.41) is 9.31. The second-order valence-electron chi connectivity index (χ2n) is 4.75. The number of hydrogen-bond acceptors (Lipinski definition) is 1. The average molecular weight is 220 g/mol. The molecular formula is C15H24O. The highest BCUT2D eigenvalue weighted by molar-refractivity contribution is 5.28. The second kappa shape index (κ2) is 6.57. The molecule has 0 aliphatic heterocycles. The van der Waals surface area contributed by atoms with Gasteiger partial charge in [-0.05, 0) is 36.0 Å². The van der Waals surface area contributed by atoms with E-state index in [2.05, 4.69) is 32.9 Å². The molecule has 16 heavy (non-hydrogen) atoms. The third-order valence-electron chi connectivity index (χ3n) is 3.35. The highest BCUT2D eigenvalue weighted by Gasteiger charge is 2.17. The average Bonchev–Trinajstić information content (AvgIpc) is 2.28. The van der Waals surface area contributed by atoms with Crippen molar-refractivity contribution in [1.82, 2.24) is 0 Å². The zero-order chi connectivity index (χ0) is 12.0. The molecule has 0 fully saturated rings. The van der Waals surface area contributed by atoms with Gasteiger partial charge in [-0.1, -0.05) is 52.2 Å². The van der Waals surface area contributed by atoms with Crippen LogP contribution in [-0.2, 0) is 0 Å². The van der Waals surface area contributed by atoms with Crippen molar-refractivity contribution in [3.05, 3.63) is 29.8 Å². The fourth-order valence-corrected chi connectivity index (χ4v) is 2.47. The molecule has 0 aromatic heterocycles. The van der Waals surface area contributed by atoms with E-state index in [0.717, 1.165) is 5.92 Å². The highest BCUT2D eigenvalue weighted by Crippen LogP contribution is 2.32. The molecule has 0 spiro atoms. The molecule has 1 N–H and O–H groups in total. The number of rotatable bonds is 6. The van der Waals surface area contributed by atoms with Gasteiger partial charge in [0.05, 0.1) is 0 Å². The third kappa shape index (κ3) is 3.55. The van der Waals surface area contributed by atoms with E-state index in [-0.39, 0.29) is 0 Å². The van der Waals surface area contributed by atoms with E-state index in [1.165, 1.54) is 31.2 Å². The van der Waals surface area contributed by atoms with Crippen molar-refractivity contribution < 1.29 is 5.11 Å². The van der Waals surface area contributed by atoms with Gasteiger partial charge < -0.3 is 5.11 Å². The molecule has 1 aromatic carbocycles. The van der Waals surface area contributed by atoms with Crippen LogP contribution < -0.4 is 0 Å². The minimum atomic E-state index is 0.363. The summed E-state index contributed by atoms with van der Waals surface area (Å²) in [4.78, 5) is 0. The lowest BCUT2D eigenvalue weighted by atomic mass is 9.81. The van der Waals surface area contributed by atoms with Crippen LogP contribution >= 0.6 is 0 Å². The lowest BCUT2D eigenvalue weighted by Crippen LogP contribution is -2.09. The van der Waals surface area contributed by atoms with E-state index in [1.807, 2.05) is 0 Å². The first kappa shape index (κ1) is 13.1. The predicted octanol–water partition coefficient (Wildman–Crippen LogP) is 4.71.